The van der Waals surface area contributed by atoms with E-state index in [0.29, 0.717) is 60.5 Å². The number of amides is 2. The molecule has 46 heavy (non-hydrogen) atoms. The Kier molecular flexibility index (Phi) is 9.23. The molecular formula is C37H37FN4O4. The molecule has 4 aromatic carbocycles. The number of halogens is 1. The topological polar surface area (TPSA) is 82.2 Å². The number of ether oxygens (including phenoxy) is 1. The van der Waals surface area contributed by atoms with Crippen LogP contribution in [0.4, 0.5) is 21.5 Å². The molecule has 1 aliphatic heterocycles. The summed E-state index contributed by atoms with van der Waals surface area (Å²) in [5, 5.41) is 2.98. The molecule has 2 amide bonds. The molecule has 1 saturated heterocycles. The lowest BCUT2D eigenvalue weighted by atomic mass is 9.96. The number of anilines is 3. The summed E-state index contributed by atoms with van der Waals surface area (Å²) in [4.78, 5) is 45.2. The van der Waals surface area contributed by atoms with E-state index in [9.17, 15) is 18.8 Å². The van der Waals surface area contributed by atoms with Gasteiger partial charge in [0.05, 0.1) is 18.9 Å². The van der Waals surface area contributed by atoms with Crippen molar-refractivity contribution in [1.82, 2.24) is 10.2 Å². The number of rotatable bonds is 8. The van der Waals surface area contributed by atoms with E-state index >= 15 is 0 Å². The minimum absolute atomic E-state index is 0.107. The van der Waals surface area contributed by atoms with Crippen LogP contribution in [0.5, 0.6) is 0 Å². The van der Waals surface area contributed by atoms with E-state index in [-0.39, 0.29) is 23.3 Å². The molecule has 8 nitrogen and oxygen atoms in total. The van der Waals surface area contributed by atoms with E-state index in [1.807, 2.05) is 42.3 Å². The third-order valence-electron chi connectivity index (χ3n) is 8.82. The van der Waals surface area contributed by atoms with Crippen LogP contribution in [0.15, 0.2) is 84.9 Å². The van der Waals surface area contributed by atoms with Crippen molar-refractivity contribution in [3.63, 3.8) is 0 Å². The van der Waals surface area contributed by atoms with E-state index in [4.69, 9.17) is 4.74 Å². The average Bonchev–Trinajstić information content (AvgIpc) is 3.23. The van der Waals surface area contributed by atoms with Gasteiger partial charge in [0.1, 0.15) is 5.82 Å². The molecule has 1 heterocycles. The first-order chi connectivity index (χ1) is 22.3. The highest BCUT2D eigenvalue weighted by Gasteiger charge is 2.24. The van der Waals surface area contributed by atoms with Crippen LogP contribution in [0.3, 0.4) is 0 Å². The smallest absolute Gasteiger partial charge is 0.258 e. The summed E-state index contributed by atoms with van der Waals surface area (Å²) in [5.74, 6) is -1.11. The van der Waals surface area contributed by atoms with Crippen molar-refractivity contribution in [2.45, 2.75) is 12.8 Å². The first kappa shape index (κ1) is 31.1. The highest BCUT2D eigenvalue weighted by molar-refractivity contribution is 6.12. The predicted octanol–water partition coefficient (Wildman–Crippen LogP) is 5.26. The zero-order valence-electron chi connectivity index (χ0n) is 26.1. The van der Waals surface area contributed by atoms with Gasteiger partial charge < -0.3 is 19.9 Å². The van der Waals surface area contributed by atoms with Crippen LogP contribution in [0.25, 0.3) is 0 Å². The summed E-state index contributed by atoms with van der Waals surface area (Å²) in [5.41, 5.74) is 5.59. The van der Waals surface area contributed by atoms with Crippen LogP contribution < -0.4 is 15.1 Å². The van der Waals surface area contributed by atoms with Gasteiger partial charge in [-0.2, -0.15) is 0 Å². The lowest BCUT2D eigenvalue weighted by Crippen LogP contribution is -2.41. The molecule has 0 radical (unpaired) electrons. The number of carbonyl (C=O) groups is 3. The Morgan fingerprint density at radius 3 is 2.33 bits per heavy atom. The summed E-state index contributed by atoms with van der Waals surface area (Å²) in [6.45, 7) is 4.42. The van der Waals surface area contributed by atoms with Gasteiger partial charge >= 0.3 is 0 Å². The van der Waals surface area contributed by atoms with E-state index in [1.165, 1.54) is 11.0 Å². The molecule has 1 N–H and O–H groups in total. The Hall–Kier alpha value is -4.86. The molecule has 1 aliphatic carbocycles. The summed E-state index contributed by atoms with van der Waals surface area (Å²) in [7, 11) is 3.43. The average molecular weight is 621 g/mol. The van der Waals surface area contributed by atoms with Gasteiger partial charge in [0.2, 0.25) is 0 Å². The second-order valence-corrected chi connectivity index (χ2v) is 11.7. The van der Waals surface area contributed by atoms with Crippen LogP contribution in [-0.2, 0) is 17.6 Å². The molecule has 9 heteroatoms. The molecule has 4 aromatic rings. The fourth-order valence-corrected chi connectivity index (χ4v) is 6.03. The number of nitrogens with zero attached hydrogens (tertiary/aromatic N) is 3. The van der Waals surface area contributed by atoms with E-state index in [0.717, 1.165) is 36.4 Å². The largest absolute Gasteiger partial charge is 0.379 e. The maximum absolute atomic E-state index is 14.9. The quantitative estimate of drug-likeness (QED) is 0.290. The summed E-state index contributed by atoms with van der Waals surface area (Å²) in [6.07, 6.45) is 1.32. The second kappa shape index (κ2) is 13.6. The van der Waals surface area contributed by atoms with Crippen LogP contribution in [0.1, 0.15) is 47.8 Å². The van der Waals surface area contributed by atoms with Gasteiger partial charge in [-0.15, -0.1) is 0 Å². The molecule has 0 saturated carbocycles. The normalized spacial score (nSPS) is 14.5. The van der Waals surface area contributed by atoms with Crippen LogP contribution >= 0.6 is 0 Å². The van der Waals surface area contributed by atoms with Gasteiger partial charge in [0.25, 0.3) is 11.8 Å². The van der Waals surface area contributed by atoms with Gasteiger partial charge in [0.15, 0.2) is 5.78 Å². The molecule has 1 fully saturated rings. The molecular weight excluding hydrogens is 583 g/mol. The first-order valence-electron chi connectivity index (χ1n) is 15.6. The predicted molar refractivity (Wildman–Crippen MR) is 177 cm³/mol. The number of aryl methyl sites for hydroxylation is 2. The molecule has 6 rings (SSSR count). The molecule has 0 atom stereocenters. The molecule has 236 valence electrons. The number of fused-ring (bicyclic) bond motifs is 2. The Morgan fingerprint density at radius 1 is 0.826 bits per heavy atom. The van der Waals surface area contributed by atoms with Crippen molar-refractivity contribution in [2.24, 2.45) is 0 Å². The zero-order valence-corrected chi connectivity index (χ0v) is 26.1. The Labute approximate surface area is 268 Å². The lowest BCUT2D eigenvalue weighted by molar-refractivity contribution is 0.0383. The summed E-state index contributed by atoms with van der Waals surface area (Å²) in [6, 6.07) is 24.5. The van der Waals surface area contributed by atoms with Crippen molar-refractivity contribution >= 4 is 34.7 Å². The molecule has 0 aromatic heterocycles. The lowest BCUT2D eigenvalue weighted by Gasteiger charge is -2.26. The third-order valence-corrected chi connectivity index (χ3v) is 8.82. The minimum Gasteiger partial charge on any atom is -0.379 e. The highest BCUT2D eigenvalue weighted by atomic mass is 19.1. The molecule has 0 unspecified atom stereocenters. The van der Waals surface area contributed by atoms with Gasteiger partial charge in [-0.1, -0.05) is 24.3 Å². The number of benzene rings is 4. The van der Waals surface area contributed by atoms with E-state index in [1.54, 1.807) is 55.6 Å². The fraction of sp³-hybridized carbons (Fsp3) is 0.270. The SMILES string of the molecule is CN(C(=O)c1ccccc1)c1cc(N(C)c2ccc3c(c2)CCc2ccc(C(=O)NCCN4CCOCC4)cc2C3=O)ccc1F. The number of carbonyl (C=O) groups excluding carboxylic acids is 3. The van der Waals surface area contributed by atoms with Crippen LogP contribution in [0.2, 0.25) is 0 Å². The summed E-state index contributed by atoms with van der Waals surface area (Å²) >= 11 is 0. The van der Waals surface area contributed by atoms with Crippen molar-refractivity contribution in [3.8, 4) is 0 Å². The Bertz CT molecular complexity index is 1770. The number of hydrogen-bond acceptors (Lipinski definition) is 6. The number of ketones is 1. The van der Waals surface area contributed by atoms with Crippen molar-refractivity contribution in [2.75, 3.05) is 63.3 Å². The van der Waals surface area contributed by atoms with Crippen molar-refractivity contribution in [1.29, 1.82) is 0 Å². The highest BCUT2D eigenvalue weighted by Crippen LogP contribution is 2.33. The first-order valence-corrected chi connectivity index (χ1v) is 15.6. The number of hydrogen-bond donors (Lipinski definition) is 1. The van der Waals surface area contributed by atoms with Gasteiger partial charge in [-0.25, -0.2) is 4.39 Å². The van der Waals surface area contributed by atoms with E-state index in [2.05, 4.69) is 10.2 Å². The third kappa shape index (κ3) is 6.56. The second-order valence-electron chi connectivity index (χ2n) is 11.7. The standard InChI is InChI=1S/C37H37FN4O4/c1-40(30-13-15-33(38)34(24-30)41(2)37(45)26-6-4-3-5-7-26)29-12-14-31-27(22-29)10-8-25-9-11-28(23-32(25)35(31)43)36(44)39-16-17-42-18-20-46-21-19-42/h3-7,9,11-15,22-24H,8,10,16-21H2,1-2H3,(H,39,44). The van der Waals surface area contributed by atoms with Gasteiger partial charge in [-0.3, -0.25) is 19.3 Å². The maximum atomic E-state index is 14.9. The Balaban J connectivity index is 1.18. The summed E-state index contributed by atoms with van der Waals surface area (Å²) < 4.78 is 20.3. The monoisotopic (exact) mass is 620 g/mol. The van der Waals surface area contributed by atoms with Gasteiger partial charge in [-0.05, 0) is 84.6 Å². The molecule has 0 spiro atoms. The number of nitrogens with one attached hydrogen (secondary N) is 1. The van der Waals surface area contributed by atoms with Crippen molar-refractivity contribution in [3.05, 3.63) is 124 Å². The van der Waals surface area contributed by atoms with Gasteiger partial charge in [0, 0.05) is 73.9 Å². The van der Waals surface area contributed by atoms with Crippen LogP contribution in [0, 0.1) is 5.82 Å². The zero-order chi connectivity index (χ0) is 32.2. The van der Waals surface area contributed by atoms with Crippen LogP contribution in [-0.4, -0.2) is 76.0 Å². The number of morpholine rings is 1. The molecule has 2 aliphatic rings. The fourth-order valence-electron chi connectivity index (χ4n) is 6.03. The molecule has 0 bridgehead atoms. The maximum Gasteiger partial charge on any atom is 0.258 e. The van der Waals surface area contributed by atoms with Crippen molar-refractivity contribution < 1.29 is 23.5 Å². The Morgan fingerprint density at radius 2 is 1.54 bits per heavy atom. The minimum atomic E-state index is -0.501. The van der Waals surface area contributed by atoms with E-state index < -0.39 is 5.82 Å².